The zero-order valence-corrected chi connectivity index (χ0v) is 9.20. The van der Waals surface area contributed by atoms with E-state index in [0.29, 0.717) is 6.10 Å². The lowest BCUT2D eigenvalue weighted by molar-refractivity contribution is 0.0644. The van der Waals surface area contributed by atoms with E-state index in [4.69, 9.17) is 4.74 Å². The molecular weight excluding hydrogens is 172 g/mol. The maximum Gasteiger partial charge on any atom is 0.0587 e. The molecule has 1 atom stereocenters. The number of hydrogen-bond donors (Lipinski definition) is 0. The summed E-state index contributed by atoms with van der Waals surface area (Å²) >= 11 is 0. The maximum atomic E-state index is 5.69. The summed E-state index contributed by atoms with van der Waals surface area (Å²) in [4.78, 5) is 0. The van der Waals surface area contributed by atoms with Gasteiger partial charge in [-0.2, -0.15) is 0 Å². The molecule has 1 aromatic rings. The van der Waals surface area contributed by atoms with Gasteiger partial charge in [0.05, 0.1) is 6.10 Å². The van der Waals surface area contributed by atoms with Gasteiger partial charge in [0, 0.05) is 6.61 Å². The SMILES string of the molecule is CCCCO[C@H](C)Cc1ccccc1. The summed E-state index contributed by atoms with van der Waals surface area (Å²) < 4.78 is 5.69. The summed E-state index contributed by atoms with van der Waals surface area (Å²) in [7, 11) is 0. The van der Waals surface area contributed by atoms with E-state index in [9.17, 15) is 0 Å². The first-order valence-corrected chi connectivity index (χ1v) is 5.48. The van der Waals surface area contributed by atoms with Crippen molar-refractivity contribution in [2.24, 2.45) is 0 Å². The molecule has 0 heterocycles. The highest BCUT2D eigenvalue weighted by Gasteiger charge is 2.02. The Labute approximate surface area is 87.1 Å². The molecule has 0 N–H and O–H groups in total. The lowest BCUT2D eigenvalue weighted by Gasteiger charge is -2.12. The molecule has 0 aromatic heterocycles. The first-order chi connectivity index (χ1) is 6.83. The molecule has 1 rings (SSSR count). The molecule has 1 heteroatoms. The van der Waals surface area contributed by atoms with Crippen molar-refractivity contribution in [3.63, 3.8) is 0 Å². The third-order valence-corrected chi connectivity index (χ3v) is 2.27. The number of ether oxygens (including phenoxy) is 1. The van der Waals surface area contributed by atoms with Crippen LogP contribution in [-0.2, 0) is 11.2 Å². The van der Waals surface area contributed by atoms with E-state index in [2.05, 4.69) is 38.1 Å². The maximum absolute atomic E-state index is 5.69. The summed E-state index contributed by atoms with van der Waals surface area (Å²) in [5.74, 6) is 0. The van der Waals surface area contributed by atoms with Crippen LogP contribution >= 0.6 is 0 Å². The average Bonchev–Trinajstić information content (AvgIpc) is 2.20. The largest absolute Gasteiger partial charge is 0.378 e. The Kier molecular flexibility index (Phi) is 5.31. The molecule has 1 nitrogen and oxygen atoms in total. The van der Waals surface area contributed by atoms with Gasteiger partial charge in [-0.1, -0.05) is 43.7 Å². The molecular formula is C13H20O. The zero-order chi connectivity index (χ0) is 10.2. The molecule has 0 fully saturated rings. The van der Waals surface area contributed by atoms with Gasteiger partial charge in [-0.3, -0.25) is 0 Å². The Bertz CT molecular complexity index is 230. The van der Waals surface area contributed by atoms with Crippen LogP contribution < -0.4 is 0 Å². The number of rotatable bonds is 6. The van der Waals surface area contributed by atoms with Gasteiger partial charge in [0.1, 0.15) is 0 Å². The van der Waals surface area contributed by atoms with Gasteiger partial charge in [-0.25, -0.2) is 0 Å². The zero-order valence-electron chi connectivity index (χ0n) is 9.20. The molecule has 0 aliphatic carbocycles. The molecule has 0 unspecified atom stereocenters. The molecule has 0 saturated carbocycles. The Hall–Kier alpha value is -0.820. The van der Waals surface area contributed by atoms with Crippen molar-refractivity contribution in [2.75, 3.05) is 6.61 Å². The van der Waals surface area contributed by atoms with Crippen molar-refractivity contribution in [1.29, 1.82) is 0 Å². The van der Waals surface area contributed by atoms with Crippen LogP contribution in [0.3, 0.4) is 0 Å². The number of unbranched alkanes of at least 4 members (excludes halogenated alkanes) is 1. The molecule has 78 valence electrons. The quantitative estimate of drug-likeness (QED) is 0.627. The molecule has 0 aliphatic rings. The number of hydrogen-bond acceptors (Lipinski definition) is 1. The lowest BCUT2D eigenvalue weighted by Crippen LogP contribution is -2.12. The van der Waals surface area contributed by atoms with E-state index in [0.717, 1.165) is 13.0 Å². The fourth-order valence-electron chi connectivity index (χ4n) is 1.43. The van der Waals surface area contributed by atoms with Crippen molar-refractivity contribution in [3.8, 4) is 0 Å². The van der Waals surface area contributed by atoms with Crippen LogP contribution in [0.25, 0.3) is 0 Å². The van der Waals surface area contributed by atoms with Crippen molar-refractivity contribution in [1.82, 2.24) is 0 Å². The second kappa shape index (κ2) is 6.61. The highest BCUT2D eigenvalue weighted by Crippen LogP contribution is 2.05. The van der Waals surface area contributed by atoms with E-state index >= 15 is 0 Å². The molecule has 0 radical (unpaired) electrons. The van der Waals surface area contributed by atoms with Crippen LogP contribution in [0.5, 0.6) is 0 Å². The normalized spacial score (nSPS) is 12.7. The van der Waals surface area contributed by atoms with Crippen LogP contribution in [0.2, 0.25) is 0 Å². The summed E-state index contributed by atoms with van der Waals surface area (Å²) in [6.45, 7) is 5.22. The Morgan fingerprint density at radius 2 is 1.93 bits per heavy atom. The van der Waals surface area contributed by atoms with Gasteiger partial charge in [-0.15, -0.1) is 0 Å². The van der Waals surface area contributed by atoms with E-state index in [-0.39, 0.29) is 0 Å². The van der Waals surface area contributed by atoms with Gasteiger partial charge in [0.2, 0.25) is 0 Å². The molecule has 1 aromatic carbocycles. The van der Waals surface area contributed by atoms with Crippen LogP contribution in [0.1, 0.15) is 32.3 Å². The van der Waals surface area contributed by atoms with Gasteiger partial charge < -0.3 is 4.74 Å². The van der Waals surface area contributed by atoms with Crippen LogP contribution in [-0.4, -0.2) is 12.7 Å². The predicted octanol–water partition coefficient (Wildman–Crippen LogP) is 3.43. The Morgan fingerprint density at radius 1 is 1.21 bits per heavy atom. The van der Waals surface area contributed by atoms with Crippen LogP contribution in [0.15, 0.2) is 30.3 Å². The Morgan fingerprint density at radius 3 is 2.57 bits per heavy atom. The van der Waals surface area contributed by atoms with Crippen molar-refractivity contribution >= 4 is 0 Å². The highest BCUT2D eigenvalue weighted by atomic mass is 16.5. The molecule has 0 saturated heterocycles. The summed E-state index contributed by atoms with van der Waals surface area (Å²) in [6.07, 6.45) is 3.73. The summed E-state index contributed by atoms with van der Waals surface area (Å²) in [6, 6.07) is 10.5. The molecule has 0 spiro atoms. The first kappa shape index (κ1) is 11.3. The van der Waals surface area contributed by atoms with Gasteiger partial charge in [0.25, 0.3) is 0 Å². The molecule has 0 bridgehead atoms. The predicted molar refractivity (Wildman–Crippen MR) is 60.5 cm³/mol. The third kappa shape index (κ3) is 4.43. The minimum atomic E-state index is 0.337. The summed E-state index contributed by atoms with van der Waals surface area (Å²) in [5, 5.41) is 0. The van der Waals surface area contributed by atoms with Crippen molar-refractivity contribution in [2.45, 2.75) is 39.2 Å². The van der Waals surface area contributed by atoms with Crippen LogP contribution in [0, 0.1) is 0 Å². The average molecular weight is 192 g/mol. The number of benzene rings is 1. The molecule has 14 heavy (non-hydrogen) atoms. The fraction of sp³-hybridized carbons (Fsp3) is 0.538. The fourth-order valence-corrected chi connectivity index (χ4v) is 1.43. The van der Waals surface area contributed by atoms with E-state index in [1.807, 2.05) is 6.07 Å². The summed E-state index contributed by atoms with van der Waals surface area (Å²) in [5.41, 5.74) is 1.36. The van der Waals surface area contributed by atoms with E-state index in [1.54, 1.807) is 0 Å². The standard InChI is InChI=1S/C13H20O/c1-3-4-10-14-12(2)11-13-8-6-5-7-9-13/h5-9,12H,3-4,10-11H2,1-2H3/t12-/m1/s1. The van der Waals surface area contributed by atoms with Crippen LogP contribution in [0.4, 0.5) is 0 Å². The monoisotopic (exact) mass is 192 g/mol. The first-order valence-electron chi connectivity index (χ1n) is 5.48. The van der Waals surface area contributed by atoms with Crippen molar-refractivity contribution in [3.05, 3.63) is 35.9 Å². The Balaban J connectivity index is 2.23. The van der Waals surface area contributed by atoms with Gasteiger partial charge in [0.15, 0.2) is 0 Å². The highest BCUT2D eigenvalue weighted by molar-refractivity contribution is 5.15. The third-order valence-electron chi connectivity index (χ3n) is 2.27. The minimum absolute atomic E-state index is 0.337. The van der Waals surface area contributed by atoms with Gasteiger partial charge >= 0.3 is 0 Å². The van der Waals surface area contributed by atoms with E-state index < -0.39 is 0 Å². The molecule has 0 aliphatic heterocycles. The lowest BCUT2D eigenvalue weighted by atomic mass is 10.1. The van der Waals surface area contributed by atoms with Gasteiger partial charge in [-0.05, 0) is 25.3 Å². The minimum Gasteiger partial charge on any atom is -0.378 e. The van der Waals surface area contributed by atoms with E-state index in [1.165, 1.54) is 18.4 Å². The smallest absolute Gasteiger partial charge is 0.0587 e. The second-order valence-corrected chi connectivity index (χ2v) is 3.72. The molecule has 0 amide bonds. The van der Waals surface area contributed by atoms with Crippen molar-refractivity contribution < 1.29 is 4.74 Å². The second-order valence-electron chi connectivity index (χ2n) is 3.72. The topological polar surface area (TPSA) is 9.23 Å².